The zero-order valence-corrected chi connectivity index (χ0v) is 13.6. The smallest absolute Gasteiger partial charge is 0.317 e. The van der Waals surface area contributed by atoms with Gasteiger partial charge in [0.15, 0.2) is 0 Å². The molecule has 2 heterocycles. The Morgan fingerprint density at radius 3 is 2.96 bits per heavy atom. The van der Waals surface area contributed by atoms with Gasteiger partial charge in [-0.25, -0.2) is 0 Å². The van der Waals surface area contributed by atoms with E-state index in [0.717, 1.165) is 19.3 Å². The van der Waals surface area contributed by atoms with Crippen LogP contribution < -0.4 is 16.0 Å². The molecule has 3 N–H and O–H groups in total. The number of carbonyl (C=O) groups is 2. The number of amides is 2. The summed E-state index contributed by atoms with van der Waals surface area (Å²) in [5.74, 6) is -0.0511. The minimum absolute atomic E-state index is 0.0596. The van der Waals surface area contributed by atoms with E-state index in [0.29, 0.717) is 24.6 Å². The van der Waals surface area contributed by atoms with E-state index in [1.807, 2.05) is 0 Å². The Bertz CT molecular complexity index is 489. The molecule has 2 saturated heterocycles. The zero-order valence-electron chi connectivity index (χ0n) is 13.6. The summed E-state index contributed by atoms with van der Waals surface area (Å²) in [6.45, 7) is 10.7. The van der Waals surface area contributed by atoms with Gasteiger partial charge in [-0.05, 0) is 19.3 Å². The molecule has 0 aromatic carbocycles. The van der Waals surface area contributed by atoms with E-state index >= 15 is 0 Å². The molecule has 2 aliphatic rings. The van der Waals surface area contributed by atoms with E-state index in [9.17, 15) is 9.59 Å². The molecule has 7 nitrogen and oxygen atoms in total. The summed E-state index contributed by atoms with van der Waals surface area (Å²) in [6, 6.07) is 0. The molecule has 125 valence electrons. The van der Waals surface area contributed by atoms with Crippen LogP contribution in [0.3, 0.4) is 0 Å². The van der Waals surface area contributed by atoms with Crippen LogP contribution in [0.4, 0.5) is 0 Å². The van der Waals surface area contributed by atoms with Crippen LogP contribution in [0.2, 0.25) is 0 Å². The van der Waals surface area contributed by atoms with Crippen molar-refractivity contribution < 1.29 is 14.2 Å². The van der Waals surface area contributed by atoms with E-state index in [2.05, 4.69) is 36.0 Å². The molecule has 2 fully saturated rings. The van der Waals surface area contributed by atoms with Crippen molar-refractivity contribution in [3.63, 3.8) is 0 Å². The fourth-order valence-corrected chi connectivity index (χ4v) is 2.57. The molecule has 2 aliphatic heterocycles. The molecule has 2 unspecified atom stereocenters. The number of rotatable bonds is 6. The number of nitrogens with zero attached hydrogens (tertiary/aromatic N) is 1. The first kappa shape index (κ1) is 17.4. The van der Waals surface area contributed by atoms with Crippen molar-refractivity contribution in [3.05, 3.63) is 24.7 Å². The monoisotopic (exact) mass is 319 g/mol. The maximum atomic E-state index is 12.0. The highest BCUT2D eigenvalue weighted by atomic mass is 16.4. The van der Waals surface area contributed by atoms with Crippen molar-refractivity contribution in [2.24, 2.45) is 0 Å². The normalized spacial score (nSPS) is 24.5. The van der Waals surface area contributed by atoms with Crippen LogP contribution >= 0.6 is 0 Å². The second-order valence-corrected chi connectivity index (χ2v) is 5.72. The van der Waals surface area contributed by atoms with Gasteiger partial charge in [0.1, 0.15) is 5.82 Å². The van der Waals surface area contributed by atoms with Gasteiger partial charge in [0, 0.05) is 25.1 Å². The van der Waals surface area contributed by atoms with Crippen molar-refractivity contribution in [2.75, 3.05) is 19.6 Å². The Kier molecular flexibility index (Phi) is 6.09. The van der Waals surface area contributed by atoms with E-state index in [-0.39, 0.29) is 30.4 Å². The first-order chi connectivity index (χ1) is 11.0. The lowest BCUT2D eigenvalue weighted by Gasteiger charge is -2.31. The number of hydrogen-bond acceptors (Lipinski definition) is 5. The maximum Gasteiger partial charge on any atom is 0.317 e. The summed E-state index contributed by atoms with van der Waals surface area (Å²) in [5, 5.41) is 8.67. The lowest BCUT2D eigenvalue weighted by molar-refractivity contribution is -0.127. The Morgan fingerprint density at radius 1 is 1.52 bits per heavy atom. The fraction of sp³-hybridized carbons (Fsp3) is 0.600. The van der Waals surface area contributed by atoms with Crippen LogP contribution in [0.5, 0.6) is 0 Å². The quantitative estimate of drug-likeness (QED) is 0.460. The highest BCUT2D eigenvalue weighted by Gasteiger charge is 2.25. The minimum atomic E-state index is -0.228. The minimum Gasteiger partial charge on any atom is -0.436 e. The first-order valence-electron chi connectivity index (χ1n) is 7.96. The highest BCUT2D eigenvalue weighted by Crippen LogP contribution is 2.14. The highest BCUT2D eigenvalue weighted by molar-refractivity contribution is 6.30. The first-order valence-corrected chi connectivity index (χ1v) is 7.96. The van der Waals surface area contributed by atoms with Crippen LogP contribution in [0, 0.1) is 0 Å². The molecule has 0 aromatic rings. The Labute approximate surface area is 137 Å². The standard InChI is InChI=1S/C15H24BN4O3/c1-4-12-5-6-13(16-23-12)19-14(21)9-18-11(3)20-8-7-17-10(2)15(20)22/h12-13,17-18H,2-9H2,1H3,(H,19,21). The maximum absolute atomic E-state index is 12.0. The third-order valence-electron chi connectivity index (χ3n) is 3.99. The average molecular weight is 319 g/mol. The molecule has 1 radical (unpaired) electrons. The number of nitrogens with one attached hydrogen (secondary N) is 3. The summed E-state index contributed by atoms with van der Waals surface area (Å²) < 4.78 is 5.54. The van der Waals surface area contributed by atoms with Gasteiger partial charge in [0.05, 0.1) is 12.2 Å². The van der Waals surface area contributed by atoms with Gasteiger partial charge < -0.3 is 20.6 Å². The van der Waals surface area contributed by atoms with Crippen molar-refractivity contribution in [1.82, 2.24) is 20.9 Å². The largest absolute Gasteiger partial charge is 0.436 e. The van der Waals surface area contributed by atoms with Crippen LogP contribution in [0.1, 0.15) is 26.2 Å². The van der Waals surface area contributed by atoms with E-state index in [1.165, 1.54) is 4.90 Å². The van der Waals surface area contributed by atoms with Crippen LogP contribution in [0.25, 0.3) is 0 Å². The van der Waals surface area contributed by atoms with Crippen LogP contribution in [-0.2, 0) is 14.2 Å². The second-order valence-electron chi connectivity index (χ2n) is 5.72. The molecule has 2 rings (SSSR count). The molecule has 2 atom stereocenters. The number of hydrogen-bond donors (Lipinski definition) is 3. The Balaban J connectivity index is 1.71. The molecule has 8 heteroatoms. The van der Waals surface area contributed by atoms with Crippen LogP contribution in [0.15, 0.2) is 24.7 Å². The third kappa shape index (κ3) is 4.76. The number of piperazine rings is 1. The van der Waals surface area contributed by atoms with Crippen molar-refractivity contribution in [2.45, 2.75) is 38.2 Å². The summed E-state index contributed by atoms with van der Waals surface area (Å²) in [4.78, 5) is 25.4. The molecule has 0 aromatic heterocycles. The van der Waals surface area contributed by atoms with Crippen molar-refractivity contribution in [1.29, 1.82) is 0 Å². The molecule has 0 saturated carbocycles. The third-order valence-corrected chi connectivity index (χ3v) is 3.99. The summed E-state index contributed by atoms with van der Waals surface area (Å²) >= 11 is 0. The molecular formula is C15H24BN4O3. The molecule has 23 heavy (non-hydrogen) atoms. The predicted octanol–water partition coefficient (Wildman–Crippen LogP) is -0.357. The van der Waals surface area contributed by atoms with Gasteiger partial charge in [-0.2, -0.15) is 0 Å². The van der Waals surface area contributed by atoms with Gasteiger partial charge in [0.2, 0.25) is 5.91 Å². The SMILES string of the molecule is C=C1NCCN(C(=C)NCC(=O)NC2[B]OC(CC)CC2)C1=O. The van der Waals surface area contributed by atoms with Crippen LogP contribution in [-0.4, -0.2) is 55.9 Å². The average Bonchev–Trinajstić information content (AvgIpc) is 2.56. The molecular weight excluding hydrogens is 295 g/mol. The predicted molar refractivity (Wildman–Crippen MR) is 88.1 cm³/mol. The summed E-state index contributed by atoms with van der Waals surface area (Å²) in [7, 11) is 1.70. The summed E-state index contributed by atoms with van der Waals surface area (Å²) in [5.41, 5.74) is 0.336. The van der Waals surface area contributed by atoms with Gasteiger partial charge in [-0.15, -0.1) is 0 Å². The Morgan fingerprint density at radius 2 is 2.30 bits per heavy atom. The van der Waals surface area contributed by atoms with Crippen molar-refractivity contribution >= 4 is 19.3 Å². The molecule has 0 spiro atoms. The second kappa shape index (κ2) is 8.05. The van der Waals surface area contributed by atoms with Gasteiger partial charge >= 0.3 is 7.48 Å². The number of carbonyl (C=O) groups excluding carboxylic acids is 2. The van der Waals surface area contributed by atoms with E-state index < -0.39 is 0 Å². The lowest BCUT2D eigenvalue weighted by atomic mass is 9.79. The molecule has 0 bridgehead atoms. The van der Waals surface area contributed by atoms with Crippen molar-refractivity contribution in [3.8, 4) is 0 Å². The zero-order chi connectivity index (χ0) is 16.8. The molecule has 0 aliphatic carbocycles. The Hall–Kier alpha value is -1.96. The van der Waals surface area contributed by atoms with E-state index in [1.54, 1.807) is 7.48 Å². The fourth-order valence-electron chi connectivity index (χ4n) is 2.57. The topological polar surface area (TPSA) is 82.7 Å². The summed E-state index contributed by atoms with van der Waals surface area (Å²) in [6.07, 6.45) is 3.05. The van der Waals surface area contributed by atoms with Gasteiger partial charge in [-0.1, -0.05) is 20.1 Å². The van der Waals surface area contributed by atoms with E-state index in [4.69, 9.17) is 4.65 Å². The van der Waals surface area contributed by atoms with Gasteiger partial charge in [-0.3, -0.25) is 14.5 Å². The molecule has 2 amide bonds. The lowest BCUT2D eigenvalue weighted by Crippen LogP contribution is -2.50. The van der Waals surface area contributed by atoms with Gasteiger partial charge in [0.25, 0.3) is 5.91 Å².